The first-order chi connectivity index (χ1) is 5.00. The fraction of sp³-hybridized carbons (Fsp3) is 0.500. The third-order valence-corrected chi connectivity index (χ3v) is 1.68. The van der Waals surface area contributed by atoms with E-state index in [1.807, 2.05) is 0 Å². The lowest BCUT2D eigenvalue weighted by molar-refractivity contribution is 0.850. The van der Waals surface area contributed by atoms with E-state index in [9.17, 15) is 0 Å². The van der Waals surface area contributed by atoms with E-state index in [4.69, 9.17) is 0 Å². The normalized spacial score (nSPS) is 27.2. The van der Waals surface area contributed by atoms with Crippen LogP contribution in [-0.2, 0) is 0 Å². The minimum atomic E-state index is 1.12. The fourth-order valence-corrected chi connectivity index (χ4v) is 1.08. The fourth-order valence-electron chi connectivity index (χ4n) is 1.08. The van der Waals surface area contributed by atoms with Gasteiger partial charge in [0.1, 0.15) is 0 Å². The van der Waals surface area contributed by atoms with Crippen molar-refractivity contribution >= 4 is 0 Å². The monoisotopic (exact) mass is 135 g/mol. The smallest absolute Gasteiger partial charge is 0.0169 e. The molecule has 0 heteroatoms. The van der Waals surface area contributed by atoms with E-state index < -0.39 is 0 Å². The van der Waals surface area contributed by atoms with E-state index in [0.717, 1.165) is 6.42 Å². The average molecular weight is 135 g/mol. The van der Waals surface area contributed by atoms with Gasteiger partial charge in [-0.2, -0.15) is 0 Å². The molecule has 0 saturated carbocycles. The summed E-state index contributed by atoms with van der Waals surface area (Å²) in [5, 5.41) is 0. The number of hydrogen-bond acceptors (Lipinski definition) is 0. The summed E-state index contributed by atoms with van der Waals surface area (Å²) in [6.45, 7) is 0. The van der Waals surface area contributed by atoms with Crippen LogP contribution >= 0.6 is 0 Å². The Morgan fingerprint density at radius 1 is 0.600 bits per heavy atom. The lowest BCUT2D eigenvalue weighted by Crippen LogP contribution is -1.77. The highest BCUT2D eigenvalue weighted by atomic mass is 13.9. The molecular weight excluding hydrogens is 120 g/mol. The number of hydrogen-bond donors (Lipinski definition) is 0. The molecule has 0 amide bonds. The topological polar surface area (TPSA) is 0 Å². The summed E-state index contributed by atoms with van der Waals surface area (Å²) in [5.41, 5.74) is 0. The second-order valence-electron chi connectivity index (χ2n) is 2.62. The van der Waals surface area contributed by atoms with Crippen LogP contribution in [0, 0.1) is 6.42 Å². The van der Waals surface area contributed by atoms with E-state index in [0.29, 0.717) is 0 Å². The van der Waals surface area contributed by atoms with Crippen LogP contribution in [0.2, 0.25) is 0 Å². The zero-order valence-corrected chi connectivity index (χ0v) is 6.42. The van der Waals surface area contributed by atoms with Crippen LogP contribution in [-0.4, -0.2) is 0 Å². The van der Waals surface area contributed by atoms with Crippen molar-refractivity contribution in [1.29, 1.82) is 0 Å². The van der Waals surface area contributed by atoms with Crippen molar-refractivity contribution in [3.63, 3.8) is 0 Å². The number of rotatable bonds is 0. The maximum Gasteiger partial charge on any atom is -0.0169 e. The molecule has 0 fully saturated rings. The summed E-state index contributed by atoms with van der Waals surface area (Å²) in [6, 6.07) is 0. The third-order valence-electron chi connectivity index (χ3n) is 1.68. The summed E-state index contributed by atoms with van der Waals surface area (Å²) < 4.78 is 0. The molecule has 0 aromatic rings. The van der Waals surface area contributed by atoms with Crippen molar-refractivity contribution < 1.29 is 0 Å². The van der Waals surface area contributed by atoms with Gasteiger partial charge in [0.15, 0.2) is 0 Å². The van der Waals surface area contributed by atoms with E-state index in [2.05, 4.69) is 30.7 Å². The van der Waals surface area contributed by atoms with Crippen LogP contribution in [0.3, 0.4) is 0 Å². The molecule has 1 radical (unpaired) electrons. The predicted molar refractivity (Wildman–Crippen MR) is 45.7 cm³/mol. The second-order valence-corrected chi connectivity index (χ2v) is 2.62. The molecule has 0 atom stereocenters. The van der Waals surface area contributed by atoms with E-state index >= 15 is 0 Å². The zero-order chi connectivity index (χ0) is 7.07. The summed E-state index contributed by atoms with van der Waals surface area (Å²) in [7, 11) is 0. The zero-order valence-electron chi connectivity index (χ0n) is 6.42. The molecule has 0 aromatic carbocycles. The molecule has 1 aliphatic carbocycles. The molecule has 0 bridgehead atoms. The van der Waals surface area contributed by atoms with Crippen molar-refractivity contribution in [2.24, 2.45) is 0 Å². The third kappa shape index (κ3) is 3.49. The van der Waals surface area contributed by atoms with Gasteiger partial charge in [0, 0.05) is 0 Å². The molecular formula is C10H15. The van der Waals surface area contributed by atoms with Gasteiger partial charge in [-0.25, -0.2) is 0 Å². The van der Waals surface area contributed by atoms with Gasteiger partial charge in [0.2, 0.25) is 0 Å². The van der Waals surface area contributed by atoms with Gasteiger partial charge in [-0.1, -0.05) is 24.3 Å². The lowest BCUT2D eigenvalue weighted by atomic mass is 10.1. The molecule has 0 nitrogen and oxygen atoms in total. The Hall–Kier alpha value is -0.520. The van der Waals surface area contributed by atoms with Gasteiger partial charge in [0.25, 0.3) is 0 Å². The van der Waals surface area contributed by atoms with E-state index in [-0.39, 0.29) is 0 Å². The molecule has 0 unspecified atom stereocenters. The van der Waals surface area contributed by atoms with Crippen LogP contribution < -0.4 is 0 Å². The van der Waals surface area contributed by atoms with Gasteiger partial charge < -0.3 is 0 Å². The maximum absolute atomic E-state index is 2.38. The van der Waals surface area contributed by atoms with E-state index in [1.54, 1.807) is 0 Å². The van der Waals surface area contributed by atoms with Gasteiger partial charge in [-0.15, -0.1) is 0 Å². The van der Waals surface area contributed by atoms with Crippen molar-refractivity contribution in [1.82, 2.24) is 0 Å². The Balaban J connectivity index is 2.25. The molecule has 0 saturated heterocycles. The van der Waals surface area contributed by atoms with Gasteiger partial charge in [0.05, 0.1) is 0 Å². The Morgan fingerprint density at radius 3 is 1.80 bits per heavy atom. The Kier molecular flexibility index (Phi) is 4.00. The quantitative estimate of drug-likeness (QED) is 0.447. The Morgan fingerprint density at radius 2 is 1.20 bits per heavy atom. The SMILES string of the molecule is [CH]1CC/C=C\C/C=C/CC1. The molecule has 0 aromatic heterocycles. The Labute approximate surface area is 63.6 Å². The van der Waals surface area contributed by atoms with Gasteiger partial charge in [-0.3, -0.25) is 0 Å². The van der Waals surface area contributed by atoms with Crippen LogP contribution in [0.5, 0.6) is 0 Å². The van der Waals surface area contributed by atoms with Crippen LogP contribution in [0.15, 0.2) is 24.3 Å². The molecule has 0 heterocycles. The first-order valence-electron chi connectivity index (χ1n) is 4.12. The Bertz CT molecular complexity index is 106. The summed E-state index contributed by atoms with van der Waals surface area (Å²) in [6.07, 6.45) is 17.5. The van der Waals surface area contributed by atoms with E-state index in [1.165, 1.54) is 25.7 Å². The summed E-state index contributed by atoms with van der Waals surface area (Å²) >= 11 is 0. The minimum absolute atomic E-state index is 1.12. The molecule has 10 heavy (non-hydrogen) atoms. The molecule has 0 aliphatic heterocycles. The highest BCUT2D eigenvalue weighted by molar-refractivity contribution is 4.95. The molecule has 0 spiro atoms. The predicted octanol–water partition coefficient (Wildman–Crippen LogP) is 3.27. The molecule has 55 valence electrons. The van der Waals surface area contributed by atoms with Crippen molar-refractivity contribution in [3.8, 4) is 0 Å². The van der Waals surface area contributed by atoms with Gasteiger partial charge in [-0.05, 0) is 38.5 Å². The largest absolute Gasteiger partial charge is 0.0882 e. The van der Waals surface area contributed by atoms with Gasteiger partial charge >= 0.3 is 0 Å². The summed E-state index contributed by atoms with van der Waals surface area (Å²) in [4.78, 5) is 0. The maximum atomic E-state index is 2.38. The molecule has 1 rings (SSSR count). The standard InChI is InChI=1S/C10H15/c1-2-4-6-8-10-9-7-5-3-1/h1-2,5,7-8H,3-4,6,9-10H2/b2-1-,7-5+. The highest BCUT2D eigenvalue weighted by Crippen LogP contribution is 2.05. The van der Waals surface area contributed by atoms with Crippen molar-refractivity contribution in [2.75, 3.05) is 0 Å². The van der Waals surface area contributed by atoms with Crippen LogP contribution in [0.1, 0.15) is 32.1 Å². The number of allylic oxidation sites excluding steroid dienone is 4. The first kappa shape index (κ1) is 7.59. The molecule has 0 N–H and O–H groups in total. The lowest BCUT2D eigenvalue weighted by Gasteiger charge is -1.96. The van der Waals surface area contributed by atoms with Crippen molar-refractivity contribution in [2.45, 2.75) is 32.1 Å². The average Bonchev–Trinajstić information content (AvgIpc) is 2.01. The minimum Gasteiger partial charge on any atom is -0.0882 e. The first-order valence-corrected chi connectivity index (χ1v) is 4.12. The second kappa shape index (κ2) is 5.28. The highest BCUT2D eigenvalue weighted by Gasteiger charge is 1.87. The van der Waals surface area contributed by atoms with Crippen molar-refractivity contribution in [3.05, 3.63) is 30.7 Å². The van der Waals surface area contributed by atoms with Crippen LogP contribution in [0.4, 0.5) is 0 Å². The van der Waals surface area contributed by atoms with Crippen LogP contribution in [0.25, 0.3) is 0 Å². The molecule has 1 aliphatic rings. The summed E-state index contributed by atoms with van der Waals surface area (Å²) in [5.74, 6) is 0.